The third-order valence-electron chi connectivity index (χ3n) is 5.59. The minimum absolute atomic E-state index is 0.262. The normalized spacial score (nSPS) is 11.7. The Hall–Kier alpha value is -4.11. The molecule has 0 saturated carbocycles. The van der Waals surface area contributed by atoms with E-state index in [1.165, 1.54) is 0 Å². The summed E-state index contributed by atoms with van der Waals surface area (Å²) in [5, 5.41) is 7.38. The molecule has 8 nitrogen and oxygen atoms in total. The highest BCUT2D eigenvalue weighted by Crippen LogP contribution is 2.35. The zero-order valence-corrected chi connectivity index (χ0v) is 22.2. The lowest BCUT2D eigenvalue weighted by molar-refractivity contribution is 0.262. The number of nitrogens with one attached hydrogen (secondary N) is 3. The van der Waals surface area contributed by atoms with Gasteiger partial charge < -0.3 is 15.4 Å². The summed E-state index contributed by atoms with van der Waals surface area (Å²) in [5.41, 5.74) is 2.91. The van der Waals surface area contributed by atoms with Gasteiger partial charge >= 0.3 is 6.03 Å². The first-order valence-electron chi connectivity index (χ1n) is 11.7. The number of pyridine rings is 1. The van der Waals surface area contributed by atoms with Gasteiger partial charge in [-0.05, 0) is 54.3 Å². The first-order chi connectivity index (χ1) is 17.4. The van der Waals surface area contributed by atoms with Gasteiger partial charge in [-0.3, -0.25) is 9.71 Å². The molecule has 0 saturated heterocycles. The molecule has 0 bridgehead atoms. The molecule has 0 atom stereocenters. The van der Waals surface area contributed by atoms with Gasteiger partial charge in [0, 0.05) is 34.4 Å². The molecule has 3 N–H and O–H groups in total. The van der Waals surface area contributed by atoms with E-state index in [9.17, 15) is 13.2 Å². The van der Waals surface area contributed by atoms with Crippen molar-refractivity contribution in [3.05, 3.63) is 84.2 Å². The molecule has 4 aromatic rings. The Labute approximate surface area is 217 Å². The number of anilines is 3. The minimum Gasteiger partial charge on any atom is -0.457 e. The van der Waals surface area contributed by atoms with E-state index in [1.54, 1.807) is 30.5 Å². The highest BCUT2D eigenvalue weighted by Gasteiger charge is 2.18. The second-order valence-electron chi connectivity index (χ2n) is 9.89. The quantitative estimate of drug-likeness (QED) is 0.265. The van der Waals surface area contributed by atoms with Crippen LogP contribution in [-0.2, 0) is 15.4 Å². The van der Waals surface area contributed by atoms with Gasteiger partial charge in [0.1, 0.15) is 11.5 Å². The van der Waals surface area contributed by atoms with E-state index >= 15 is 0 Å². The molecule has 37 heavy (non-hydrogen) atoms. The van der Waals surface area contributed by atoms with Crippen molar-refractivity contribution in [1.29, 1.82) is 0 Å². The van der Waals surface area contributed by atoms with Crippen molar-refractivity contribution in [1.82, 2.24) is 4.98 Å². The van der Waals surface area contributed by atoms with Gasteiger partial charge in [0.15, 0.2) is 0 Å². The molecule has 1 aromatic heterocycles. The van der Waals surface area contributed by atoms with Crippen molar-refractivity contribution < 1.29 is 17.9 Å². The third-order valence-corrected chi connectivity index (χ3v) is 6.19. The van der Waals surface area contributed by atoms with Crippen molar-refractivity contribution in [2.45, 2.75) is 33.1 Å². The number of amides is 2. The van der Waals surface area contributed by atoms with Crippen LogP contribution in [0, 0.1) is 6.92 Å². The summed E-state index contributed by atoms with van der Waals surface area (Å²) in [4.78, 5) is 17.2. The first kappa shape index (κ1) is 26.0. The molecule has 9 heteroatoms. The number of sulfonamides is 1. The smallest absolute Gasteiger partial charge is 0.323 e. The van der Waals surface area contributed by atoms with Crippen LogP contribution in [0.1, 0.15) is 32.0 Å². The molecule has 2 amide bonds. The molecule has 192 valence electrons. The van der Waals surface area contributed by atoms with E-state index < -0.39 is 16.1 Å². The zero-order valence-electron chi connectivity index (χ0n) is 21.4. The summed E-state index contributed by atoms with van der Waals surface area (Å²) in [5.74, 6) is 1.33. The molecule has 3 aromatic carbocycles. The predicted molar refractivity (Wildman–Crippen MR) is 149 cm³/mol. The summed E-state index contributed by atoms with van der Waals surface area (Å²) < 4.78 is 32.2. The fourth-order valence-electron chi connectivity index (χ4n) is 3.87. The van der Waals surface area contributed by atoms with E-state index in [4.69, 9.17) is 4.74 Å². The zero-order chi connectivity index (χ0) is 26.8. The summed E-state index contributed by atoms with van der Waals surface area (Å²) in [6.45, 7) is 7.94. The van der Waals surface area contributed by atoms with Crippen molar-refractivity contribution in [3.63, 3.8) is 0 Å². The molecule has 0 aliphatic carbocycles. The topological polar surface area (TPSA) is 109 Å². The number of benzene rings is 3. The van der Waals surface area contributed by atoms with Gasteiger partial charge in [0.25, 0.3) is 0 Å². The Bertz CT molecular complexity index is 1580. The van der Waals surface area contributed by atoms with Gasteiger partial charge in [-0.1, -0.05) is 45.0 Å². The van der Waals surface area contributed by atoms with E-state index in [1.807, 2.05) is 70.2 Å². The largest absolute Gasteiger partial charge is 0.457 e. The van der Waals surface area contributed by atoms with Crippen molar-refractivity contribution in [3.8, 4) is 11.5 Å². The van der Waals surface area contributed by atoms with Crippen LogP contribution in [0.4, 0.5) is 21.9 Å². The fraction of sp³-hybridized carbons (Fsp3) is 0.214. The lowest BCUT2D eigenvalue weighted by Crippen LogP contribution is -2.21. The van der Waals surface area contributed by atoms with Crippen LogP contribution in [0.3, 0.4) is 0 Å². The molecule has 0 spiro atoms. The van der Waals surface area contributed by atoms with E-state index in [2.05, 4.69) is 20.3 Å². The number of carbonyl (C=O) groups excluding carboxylic acids is 1. The van der Waals surface area contributed by atoms with Crippen LogP contribution >= 0.6 is 0 Å². The van der Waals surface area contributed by atoms with Crippen molar-refractivity contribution >= 4 is 43.9 Å². The highest BCUT2D eigenvalue weighted by atomic mass is 32.2. The average molecular weight is 519 g/mol. The lowest BCUT2D eigenvalue weighted by atomic mass is 9.86. The van der Waals surface area contributed by atoms with Crippen molar-refractivity contribution in [2.24, 2.45) is 0 Å². The third kappa shape index (κ3) is 6.77. The standard InChI is InChI=1S/C28H30N4O4S/c1-18-14-22(12-13-29-18)36-26-11-10-25(23-8-6-7-9-24(23)26)31-27(33)30-20-15-19(28(2,3)4)16-21(17-20)32-37(5,34)35/h6-17,32H,1-5H3,(H2,30,31,33). The van der Waals surface area contributed by atoms with Crippen LogP contribution in [0.25, 0.3) is 10.8 Å². The molecule has 0 aliphatic rings. The maximum atomic E-state index is 13.0. The van der Waals surface area contributed by atoms with E-state index in [0.717, 1.165) is 28.3 Å². The lowest BCUT2D eigenvalue weighted by Gasteiger charge is -2.22. The maximum Gasteiger partial charge on any atom is 0.323 e. The van der Waals surface area contributed by atoms with E-state index in [0.29, 0.717) is 28.6 Å². The van der Waals surface area contributed by atoms with Gasteiger partial charge in [0.2, 0.25) is 10.0 Å². The minimum atomic E-state index is -3.48. The van der Waals surface area contributed by atoms with Gasteiger partial charge in [-0.15, -0.1) is 0 Å². The van der Waals surface area contributed by atoms with Crippen LogP contribution in [0.5, 0.6) is 11.5 Å². The molecule has 0 radical (unpaired) electrons. The van der Waals surface area contributed by atoms with Gasteiger partial charge in [-0.25, -0.2) is 13.2 Å². The number of fused-ring (bicyclic) bond motifs is 1. The molecule has 0 unspecified atom stereocenters. The Morgan fingerprint density at radius 3 is 2.27 bits per heavy atom. The van der Waals surface area contributed by atoms with Gasteiger partial charge in [-0.2, -0.15) is 0 Å². The Balaban J connectivity index is 1.60. The van der Waals surface area contributed by atoms with Crippen molar-refractivity contribution in [2.75, 3.05) is 21.6 Å². The molecule has 1 heterocycles. The molecular formula is C28H30N4O4S. The maximum absolute atomic E-state index is 13.0. The number of aryl methyl sites for hydroxylation is 1. The molecule has 4 rings (SSSR count). The summed E-state index contributed by atoms with van der Waals surface area (Å²) in [7, 11) is -3.48. The number of aromatic nitrogens is 1. The Morgan fingerprint density at radius 1 is 0.892 bits per heavy atom. The Kier molecular flexibility index (Phi) is 7.09. The number of hydrogen-bond acceptors (Lipinski definition) is 5. The number of urea groups is 1. The second kappa shape index (κ2) is 10.1. The second-order valence-corrected chi connectivity index (χ2v) is 11.6. The monoisotopic (exact) mass is 518 g/mol. The van der Waals surface area contributed by atoms with Crippen LogP contribution in [0.2, 0.25) is 0 Å². The van der Waals surface area contributed by atoms with E-state index in [-0.39, 0.29) is 5.41 Å². The number of ether oxygens (including phenoxy) is 1. The number of carbonyl (C=O) groups is 1. The van der Waals surface area contributed by atoms with Crippen LogP contribution < -0.4 is 20.1 Å². The molecule has 0 fully saturated rings. The van der Waals surface area contributed by atoms with Gasteiger partial charge in [0.05, 0.1) is 17.6 Å². The number of nitrogens with zero attached hydrogens (tertiary/aromatic N) is 1. The van der Waals surface area contributed by atoms with Crippen LogP contribution in [-0.4, -0.2) is 25.7 Å². The fourth-order valence-corrected chi connectivity index (χ4v) is 4.42. The summed E-state index contributed by atoms with van der Waals surface area (Å²) in [6, 6.07) is 19.6. The average Bonchev–Trinajstić information content (AvgIpc) is 2.79. The number of rotatable bonds is 6. The summed E-state index contributed by atoms with van der Waals surface area (Å²) >= 11 is 0. The first-order valence-corrected chi connectivity index (χ1v) is 13.6. The predicted octanol–water partition coefficient (Wildman–Crippen LogP) is 6.65. The molecule has 0 aliphatic heterocycles. The number of hydrogen-bond donors (Lipinski definition) is 3. The Morgan fingerprint density at radius 2 is 1.59 bits per heavy atom. The SMILES string of the molecule is Cc1cc(Oc2ccc(NC(=O)Nc3cc(NS(C)(=O)=O)cc(C(C)(C)C)c3)c3ccccc23)ccn1. The highest BCUT2D eigenvalue weighted by molar-refractivity contribution is 7.92. The van der Waals surface area contributed by atoms with Crippen LogP contribution in [0.15, 0.2) is 72.9 Å². The molecular weight excluding hydrogens is 488 g/mol. The summed E-state index contributed by atoms with van der Waals surface area (Å²) in [6.07, 6.45) is 2.78.